The maximum atomic E-state index is 14.2. The molecule has 0 saturated carbocycles. The van der Waals surface area contributed by atoms with Crippen LogP contribution in [0.5, 0.6) is 5.75 Å². The van der Waals surface area contributed by atoms with Crippen LogP contribution in [0.15, 0.2) is 36.4 Å². The van der Waals surface area contributed by atoms with Crippen molar-refractivity contribution in [2.75, 3.05) is 19.7 Å². The third kappa shape index (κ3) is 3.99. The molecule has 0 radical (unpaired) electrons. The quantitative estimate of drug-likeness (QED) is 0.887. The molecule has 0 aliphatic carbocycles. The molecule has 26 heavy (non-hydrogen) atoms. The lowest BCUT2D eigenvalue weighted by Crippen LogP contribution is -2.32. The van der Waals surface area contributed by atoms with Crippen LogP contribution in [0.3, 0.4) is 0 Å². The van der Waals surface area contributed by atoms with Gasteiger partial charge in [0.2, 0.25) is 0 Å². The van der Waals surface area contributed by atoms with Gasteiger partial charge in [-0.1, -0.05) is 6.07 Å². The highest BCUT2D eigenvalue weighted by Crippen LogP contribution is 2.28. The van der Waals surface area contributed by atoms with Gasteiger partial charge in [0.15, 0.2) is 6.61 Å². The summed E-state index contributed by atoms with van der Waals surface area (Å²) in [7, 11) is 0. The molecule has 1 N–H and O–H groups in total. The number of hydrogen-bond donors (Lipinski definition) is 1. The number of likely N-dealkylation sites (tertiary alicyclic amines) is 1. The first-order valence-corrected chi connectivity index (χ1v) is 8.18. The zero-order valence-corrected chi connectivity index (χ0v) is 13.9. The molecule has 0 spiro atoms. The van der Waals surface area contributed by atoms with Crippen LogP contribution in [0, 0.1) is 11.6 Å². The lowest BCUT2D eigenvalue weighted by Gasteiger charge is -2.16. The number of ether oxygens (including phenoxy) is 1. The van der Waals surface area contributed by atoms with Gasteiger partial charge in [0.05, 0.1) is 5.56 Å². The minimum absolute atomic E-state index is 0.0465. The highest BCUT2D eigenvalue weighted by atomic mass is 19.1. The summed E-state index contributed by atoms with van der Waals surface area (Å²) < 4.78 is 33.5. The van der Waals surface area contributed by atoms with Crippen molar-refractivity contribution < 1.29 is 28.2 Å². The minimum atomic E-state index is -1.25. The monoisotopic (exact) mass is 361 g/mol. The maximum absolute atomic E-state index is 14.2. The van der Waals surface area contributed by atoms with Crippen LogP contribution in [-0.4, -0.2) is 41.6 Å². The second-order valence-electron chi connectivity index (χ2n) is 6.05. The minimum Gasteiger partial charge on any atom is -0.484 e. The van der Waals surface area contributed by atoms with Gasteiger partial charge in [-0.3, -0.25) is 4.79 Å². The molecule has 2 aromatic carbocycles. The topological polar surface area (TPSA) is 66.8 Å². The van der Waals surface area contributed by atoms with Crippen LogP contribution in [0.2, 0.25) is 0 Å². The summed E-state index contributed by atoms with van der Waals surface area (Å²) in [5.41, 5.74) is 0.0450. The van der Waals surface area contributed by atoms with E-state index in [1.807, 2.05) is 0 Å². The number of halogens is 2. The van der Waals surface area contributed by atoms with E-state index in [9.17, 15) is 18.4 Å². The Kier molecular flexibility index (Phi) is 5.16. The van der Waals surface area contributed by atoms with Crippen LogP contribution in [-0.2, 0) is 4.79 Å². The molecule has 0 unspecified atom stereocenters. The molecule has 1 heterocycles. The van der Waals surface area contributed by atoms with E-state index in [-0.39, 0.29) is 35.0 Å². The van der Waals surface area contributed by atoms with E-state index in [0.29, 0.717) is 13.1 Å². The number of amides is 1. The van der Waals surface area contributed by atoms with Gasteiger partial charge < -0.3 is 14.7 Å². The Morgan fingerprint density at radius 3 is 2.46 bits per heavy atom. The molecule has 1 aliphatic rings. The number of aromatic carboxylic acids is 1. The van der Waals surface area contributed by atoms with Crippen molar-refractivity contribution in [1.29, 1.82) is 0 Å². The average molecular weight is 361 g/mol. The Bertz CT molecular complexity index is 847. The van der Waals surface area contributed by atoms with Gasteiger partial charge in [0.1, 0.15) is 17.4 Å². The molecular weight excluding hydrogens is 344 g/mol. The summed E-state index contributed by atoms with van der Waals surface area (Å²) in [4.78, 5) is 24.6. The van der Waals surface area contributed by atoms with E-state index >= 15 is 0 Å². The number of hydrogen-bond acceptors (Lipinski definition) is 3. The summed E-state index contributed by atoms with van der Waals surface area (Å²) in [6.07, 6.45) is 1.92. The number of rotatable bonds is 5. The smallest absolute Gasteiger partial charge is 0.335 e. The Labute approximate surface area is 148 Å². The summed E-state index contributed by atoms with van der Waals surface area (Å²) in [5.74, 6) is -2.75. The van der Waals surface area contributed by atoms with Crippen molar-refractivity contribution >= 4 is 11.9 Å². The first-order chi connectivity index (χ1) is 12.4. The second kappa shape index (κ2) is 7.51. The molecule has 0 bridgehead atoms. The third-order valence-electron chi connectivity index (χ3n) is 4.22. The van der Waals surface area contributed by atoms with Crippen molar-refractivity contribution in [3.8, 4) is 16.9 Å². The summed E-state index contributed by atoms with van der Waals surface area (Å²) in [5, 5.41) is 8.89. The average Bonchev–Trinajstić information content (AvgIpc) is 3.13. The van der Waals surface area contributed by atoms with Gasteiger partial charge in [-0.05, 0) is 42.7 Å². The predicted molar refractivity (Wildman–Crippen MR) is 90.1 cm³/mol. The summed E-state index contributed by atoms with van der Waals surface area (Å²) in [6, 6.07) is 7.04. The molecule has 7 heteroatoms. The highest BCUT2D eigenvalue weighted by molar-refractivity contribution is 5.88. The fourth-order valence-electron chi connectivity index (χ4n) is 2.89. The van der Waals surface area contributed by atoms with Crippen LogP contribution in [0.4, 0.5) is 8.78 Å². The highest BCUT2D eigenvalue weighted by Gasteiger charge is 2.18. The second-order valence-corrected chi connectivity index (χ2v) is 6.05. The van der Waals surface area contributed by atoms with Crippen molar-refractivity contribution in [3.05, 3.63) is 53.6 Å². The van der Waals surface area contributed by atoms with Crippen molar-refractivity contribution in [2.24, 2.45) is 0 Å². The number of benzene rings is 2. The van der Waals surface area contributed by atoms with Gasteiger partial charge in [-0.15, -0.1) is 0 Å². The molecule has 136 valence electrons. The van der Waals surface area contributed by atoms with Gasteiger partial charge in [0.25, 0.3) is 5.91 Å². The first kappa shape index (κ1) is 17.8. The third-order valence-corrected chi connectivity index (χ3v) is 4.22. The zero-order valence-electron chi connectivity index (χ0n) is 13.9. The molecule has 2 aromatic rings. The molecule has 3 rings (SSSR count). The SMILES string of the molecule is O=C(O)c1ccc(-c2cc(F)cc(OCC(=O)N3CCCC3)c2)c(F)c1. The van der Waals surface area contributed by atoms with Crippen LogP contribution < -0.4 is 4.74 Å². The number of carbonyl (C=O) groups excluding carboxylic acids is 1. The maximum Gasteiger partial charge on any atom is 0.335 e. The van der Waals surface area contributed by atoms with E-state index in [2.05, 4.69) is 0 Å². The molecular formula is C19H17F2NO4. The normalized spacial score (nSPS) is 13.7. The van der Waals surface area contributed by atoms with E-state index in [0.717, 1.165) is 31.0 Å². The van der Waals surface area contributed by atoms with Gasteiger partial charge >= 0.3 is 5.97 Å². The van der Waals surface area contributed by atoms with Gasteiger partial charge in [-0.2, -0.15) is 0 Å². The standard InChI is InChI=1S/C19H17F2NO4/c20-14-7-13(16-4-3-12(19(24)25)9-17(16)21)8-15(10-14)26-11-18(23)22-5-1-2-6-22/h3-4,7-10H,1-2,5-6,11H2,(H,24,25). The predicted octanol–water partition coefficient (Wildman–Crippen LogP) is 3.33. The lowest BCUT2D eigenvalue weighted by atomic mass is 10.0. The van der Waals surface area contributed by atoms with E-state index in [1.54, 1.807) is 4.90 Å². The lowest BCUT2D eigenvalue weighted by molar-refractivity contribution is -0.132. The number of carboxylic acid groups (broad SMARTS) is 1. The number of carbonyl (C=O) groups is 2. The molecule has 1 aliphatic heterocycles. The van der Waals surface area contributed by atoms with Crippen molar-refractivity contribution in [3.63, 3.8) is 0 Å². The Morgan fingerprint density at radius 1 is 1.08 bits per heavy atom. The van der Waals surface area contributed by atoms with Crippen LogP contribution in [0.25, 0.3) is 11.1 Å². The molecule has 1 saturated heterocycles. The van der Waals surface area contributed by atoms with Crippen molar-refractivity contribution in [2.45, 2.75) is 12.8 Å². The van der Waals surface area contributed by atoms with Crippen LogP contribution in [0.1, 0.15) is 23.2 Å². The Morgan fingerprint density at radius 2 is 1.81 bits per heavy atom. The molecule has 0 aromatic heterocycles. The van der Waals surface area contributed by atoms with E-state index < -0.39 is 17.6 Å². The number of carboxylic acids is 1. The molecule has 1 fully saturated rings. The molecule has 0 atom stereocenters. The molecule has 5 nitrogen and oxygen atoms in total. The Hall–Kier alpha value is -2.96. The zero-order chi connectivity index (χ0) is 18.7. The fourth-order valence-corrected chi connectivity index (χ4v) is 2.89. The van der Waals surface area contributed by atoms with E-state index in [1.165, 1.54) is 18.2 Å². The van der Waals surface area contributed by atoms with Crippen LogP contribution >= 0.6 is 0 Å². The first-order valence-electron chi connectivity index (χ1n) is 8.18. The Balaban J connectivity index is 1.79. The van der Waals surface area contributed by atoms with E-state index in [4.69, 9.17) is 9.84 Å². The van der Waals surface area contributed by atoms with Crippen molar-refractivity contribution in [1.82, 2.24) is 4.90 Å². The summed E-state index contributed by atoms with van der Waals surface area (Å²) >= 11 is 0. The fraction of sp³-hybridized carbons (Fsp3) is 0.263. The van der Waals surface area contributed by atoms with Gasteiger partial charge in [-0.25, -0.2) is 13.6 Å². The summed E-state index contributed by atoms with van der Waals surface area (Å²) in [6.45, 7) is 1.17. The molecule has 1 amide bonds. The largest absolute Gasteiger partial charge is 0.484 e. The number of nitrogens with zero attached hydrogens (tertiary/aromatic N) is 1. The van der Waals surface area contributed by atoms with Gasteiger partial charge in [0, 0.05) is 24.7 Å².